The summed E-state index contributed by atoms with van der Waals surface area (Å²) in [5.74, 6) is -0.252. The molecule has 4 aromatic rings. The smallest absolute Gasteiger partial charge is 0.339 e. The van der Waals surface area contributed by atoms with Crippen molar-refractivity contribution in [2.45, 2.75) is 6.54 Å². The van der Waals surface area contributed by atoms with Crippen LogP contribution in [-0.4, -0.2) is 37.7 Å². The Morgan fingerprint density at radius 2 is 1.34 bits per heavy atom. The highest BCUT2D eigenvalue weighted by atomic mass is 16.5. The zero-order valence-electron chi connectivity index (χ0n) is 17.0. The van der Waals surface area contributed by atoms with Crippen LogP contribution in [0.1, 0.15) is 15.9 Å². The van der Waals surface area contributed by atoms with Crippen LogP contribution in [0.4, 0.5) is 0 Å². The van der Waals surface area contributed by atoms with Crippen molar-refractivity contribution in [1.29, 1.82) is 0 Å². The SMILES string of the molecule is C[N+](C)(CCOC(=O)c1c2ccccc2cc2ccccc12)Cc1ccccc1. The van der Waals surface area contributed by atoms with Gasteiger partial charge in [-0.25, -0.2) is 4.79 Å². The molecule has 4 rings (SSSR count). The van der Waals surface area contributed by atoms with Gasteiger partial charge in [-0.2, -0.15) is 0 Å². The topological polar surface area (TPSA) is 26.3 Å². The van der Waals surface area contributed by atoms with Gasteiger partial charge in [-0.15, -0.1) is 0 Å². The Balaban J connectivity index is 1.53. The van der Waals surface area contributed by atoms with Crippen molar-refractivity contribution in [3.8, 4) is 0 Å². The monoisotopic (exact) mass is 384 g/mol. The van der Waals surface area contributed by atoms with E-state index in [1.54, 1.807) is 0 Å². The van der Waals surface area contributed by atoms with E-state index in [1.165, 1.54) is 5.56 Å². The molecule has 29 heavy (non-hydrogen) atoms. The maximum absolute atomic E-state index is 13.1. The zero-order valence-corrected chi connectivity index (χ0v) is 17.0. The molecule has 3 heteroatoms. The molecule has 0 amide bonds. The zero-order chi connectivity index (χ0) is 20.3. The first-order valence-electron chi connectivity index (χ1n) is 9.97. The predicted molar refractivity (Wildman–Crippen MR) is 119 cm³/mol. The van der Waals surface area contributed by atoms with Gasteiger partial charge in [-0.1, -0.05) is 78.9 Å². The second-order valence-corrected chi connectivity index (χ2v) is 8.13. The van der Waals surface area contributed by atoms with E-state index in [2.05, 4.69) is 44.4 Å². The van der Waals surface area contributed by atoms with Gasteiger partial charge >= 0.3 is 5.97 Å². The first kappa shape index (κ1) is 19.2. The van der Waals surface area contributed by atoms with Crippen LogP contribution >= 0.6 is 0 Å². The highest BCUT2D eigenvalue weighted by molar-refractivity contribution is 6.16. The molecular formula is C26H26NO2+. The molecule has 0 aliphatic heterocycles. The second kappa shape index (κ2) is 8.06. The van der Waals surface area contributed by atoms with Gasteiger partial charge in [-0.05, 0) is 27.6 Å². The summed E-state index contributed by atoms with van der Waals surface area (Å²) in [5.41, 5.74) is 1.94. The lowest BCUT2D eigenvalue weighted by atomic mass is 9.97. The number of benzene rings is 4. The quantitative estimate of drug-likeness (QED) is 0.252. The molecule has 0 saturated carbocycles. The maximum Gasteiger partial charge on any atom is 0.339 e. The van der Waals surface area contributed by atoms with Gasteiger partial charge < -0.3 is 9.22 Å². The van der Waals surface area contributed by atoms with Gasteiger partial charge in [0.05, 0.1) is 19.7 Å². The summed E-state index contributed by atoms with van der Waals surface area (Å²) < 4.78 is 6.52. The van der Waals surface area contributed by atoms with Crippen LogP contribution < -0.4 is 0 Å². The largest absolute Gasteiger partial charge is 0.456 e. The minimum absolute atomic E-state index is 0.252. The summed E-state index contributed by atoms with van der Waals surface area (Å²) in [5, 5.41) is 3.99. The van der Waals surface area contributed by atoms with Crippen LogP contribution in [0.2, 0.25) is 0 Å². The third-order valence-corrected chi connectivity index (χ3v) is 5.36. The minimum Gasteiger partial charge on any atom is -0.456 e. The summed E-state index contributed by atoms with van der Waals surface area (Å²) in [4.78, 5) is 13.1. The van der Waals surface area contributed by atoms with Crippen molar-refractivity contribution in [2.75, 3.05) is 27.2 Å². The number of ether oxygens (including phenoxy) is 1. The van der Waals surface area contributed by atoms with Crippen molar-refractivity contribution >= 4 is 27.5 Å². The summed E-state index contributed by atoms with van der Waals surface area (Å²) >= 11 is 0. The van der Waals surface area contributed by atoms with E-state index in [0.717, 1.165) is 39.1 Å². The highest BCUT2D eigenvalue weighted by Gasteiger charge is 2.19. The molecule has 0 fully saturated rings. The van der Waals surface area contributed by atoms with Gasteiger partial charge in [0.25, 0.3) is 0 Å². The summed E-state index contributed by atoms with van der Waals surface area (Å²) in [6.07, 6.45) is 0. The Kier molecular flexibility index (Phi) is 5.32. The second-order valence-electron chi connectivity index (χ2n) is 8.13. The molecule has 0 atom stereocenters. The molecule has 0 heterocycles. The summed E-state index contributed by atoms with van der Waals surface area (Å²) in [7, 11) is 4.32. The molecule has 4 aromatic carbocycles. The van der Waals surface area contributed by atoms with Crippen LogP contribution in [0.15, 0.2) is 84.9 Å². The molecular weight excluding hydrogens is 358 g/mol. The number of nitrogens with zero attached hydrogens (tertiary/aromatic N) is 1. The average Bonchev–Trinajstić information content (AvgIpc) is 2.72. The number of hydrogen-bond donors (Lipinski definition) is 0. The van der Waals surface area contributed by atoms with Crippen molar-refractivity contribution < 1.29 is 14.0 Å². The number of carbonyl (C=O) groups is 1. The van der Waals surface area contributed by atoms with Crippen molar-refractivity contribution in [1.82, 2.24) is 0 Å². The van der Waals surface area contributed by atoms with E-state index < -0.39 is 0 Å². The molecule has 0 saturated heterocycles. The third-order valence-electron chi connectivity index (χ3n) is 5.36. The standard InChI is InChI=1S/C26H26NO2/c1-27(2,19-20-10-4-3-5-11-20)16-17-29-26(28)25-23-14-8-6-12-21(23)18-22-13-7-9-15-24(22)25/h3-15,18H,16-17,19H2,1-2H3/q+1. The minimum atomic E-state index is -0.252. The predicted octanol–water partition coefficient (Wildman–Crippen LogP) is 5.43. The summed E-state index contributed by atoms with van der Waals surface area (Å²) in [6.45, 7) is 2.04. The lowest BCUT2D eigenvalue weighted by Gasteiger charge is -2.29. The molecule has 0 aliphatic carbocycles. The van der Waals surface area contributed by atoms with Gasteiger partial charge in [0.2, 0.25) is 0 Å². The Morgan fingerprint density at radius 1 is 0.793 bits per heavy atom. The molecule has 0 spiro atoms. The number of fused-ring (bicyclic) bond motifs is 2. The number of carbonyl (C=O) groups excluding carboxylic acids is 1. The Hall–Kier alpha value is -3.17. The Bertz CT molecular complexity index is 1100. The lowest BCUT2D eigenvalue weighted by Crippen LogP contribution is -2.41. The van der Waals surface area contributed by atoms with E-state index in [4.69, 9.17) is 4.74 Å². The van der Waals surface area contributed by atoms with E-state index in [1.807, 2.05) is 54.6 Å². The molecule has 0 N–H and O–H groups in total. The number of esters is 1. The van der Waals surface area contributed by atoms with Crippen molar-refractivity contribution in [3.05, 3.63) is 96.1 Å². The van der Waals surface area contributed by atoms with E-state index >= 15 is 0 Å². The van der Waals surface area contributed by atoms with Crippen LogP contribution in [0, 0.1) is 0 Å². The molecule has 0 radical (unpaired) electrons. The maximum atomic E-state index is 13.1. The van der Waals surface area contributed by atoms with Gasteiger partial charge in [0.15, 0.2) is 0 Å². The summed E-state index contributed by atoms with van der Waals surface area (Å²) in [6, 6.07) is 28.5. The Labute approximate surface area is 171 Å². The third kappa shape index (κ3) is 4.30. The lowest BCUT2D eigenvalue weighted by molar-refractivity contribution is -0.903. The number of rotatable bonds is 6. The first-order chi connectivity index (χ1) is 14.0. The molecule has 146 valence electrons. The number of hydrogen-bond acceptors (Lipinski definition) is 2. The molecule has 3 nitrogen and oxygen atoms in total. The van der Waals surface area contributed by atoms with Gasteiger partial charge in [0, 0.05) is 5.56 Å². The van der Waals surface area contributed by atoms with Gasteiger partial charge in [-0.3, -0.25) is 0 Å². The van der Waals surface area contributed by atoms with Crippen LogP contribution in [-0.2, 0) is 11.3 Å². The average molecular weight is 384 g/mol. The number of likely N-dealkylation sites (N-methyl/N-ethyl adjacent to an activating group) is 1. The Morgan fingerprint density at radius 3 is 1.97 bits per heavy atom. The van der Waals surface area contributed by atoms with E-state index in [0.29, 0.717) is 12.2 Å². The van der Waals surface area contributed by atoms with Crippen LogP contribution in [0.5, 0.6) is 0 Å². The fourth-order valence-corrected chi connectivity index (χ4v) is 3.85. The normalized spacial score (nSPS) is 11.7. The first-order valence-corrected chi connectivity index (χ1v) is 9.97. The molecule has 0 aromatic heterocycles. The fourth-order valence-electron chi connectivity index (χ4n) is 3.85. The highest BCUT2D eigenvalue weighted by Crippen LogP contribution is 2.29. The molecule has 0 aliphatic rings. The van der Waals surface area contributed by atoms with Crippen LogP contribution in [0.25, 0.3) is 21.5 Å². The van der Waals surface area contributed by atoms with E-state index in [9.17, 15) is 4.79 Å². The van der Waals surface area contributed by atoms with E-state index in [-0.39, 0.29) is 5.97 Å². The van der Waals surface area contributed by atoms with Crippen molar-refractivity contribution in [2.24, 2.45) is 0 Å². The van der Waals surface area contributed by atoms with Crippen molar-refractivity contribution in [3.63, 3.8) is 0 Å². The molecule has 0 bridgehead atoms. The van der Waals surface area contributed by atoms with Gasteiger partial charge in [0.1, 0.15) is 19.7 Å². The fraction of sp³-hybridized carbons (Fsp3) is 0.192. The number of quaternary nitrogens is 1. The molecule has 0 unspecified atom stereocenters. The van der Waals surface area contributed by atoms with Crippen LogP contribution in [0.3, 0.4) is 0 Å².